The van der Waals surface area contributed by atoms with Crippen LogP contribution in [0, 0.1) is 6.92 Å². The van der Waals surface area contributed by atoms with Gasteiger partial charge in [0.1, 0.15) is 5.75 Å². The Kier molecular flexibility index (Phi) is 4.03. The molecule has 0 aliphatic heterocycles. The van der Waals surface area contributed by atoms with E-state index in [1.807, 2.05) is 12.1 Å². The molecular formula is C29H24ClNO. The first-order valence-corrected chi connectivity index (χ1v) is 11.3. The molecule has 0 saturated heterocycles. The minimum Gasteiger partial charge on any atom is -0.496 e. The predicted octanol–water partition coefficient (Wildman–Crippen LogP) is 8.06. The highest BCUT2D eigenvalue weighted by molar-refractivity contribution is 6.36. The third-order valence-corrected chi connectivity index (χ3v) is 7.27. The summed E-state index contributed by atoms with van der Waals surface area (Å²) in [5, 5.41) is 4.29. The minimum absolute atomic E-state index is 0.166. The Balaban J connectivity index is 1.82. The molecule has 0 amide bonds. The lowest BCUT2D eigenvalue weighted by atomic mass is 9.81. The third kappa shape index (κ3) is 2.47. The van der Waals surface area contributed by atoms with Crippen molar-refractivity contribution in [3.05, 3.63) is 94.5 Å². The summed E-state index contributed by atoms with van der Waals surface area (Å²) in [6.45, 7) is 6.73. The van der Waals surface area contributed by atoms with E-state index in [1.54, 1.807) is 7.11 Å². The molecule has 2 nitrogen and oxygen atoms in total. The van der Waals surface area contributed by atoms with Gasteiger partial charge < -0.3 is 9.30 Å². The number of aryl methyl sites for hydroxylation is 1. The maximum atomic E-state index is 6.89. The van der Waals surface area contributed by atoms with Crippen LogP contribution in [0.2, 0.25) is 5.02 Å². The molecule has 5 aromatic rings. The van der Waals surface area contributed by atoms with E-state index in [4.69, 9.17) is 16.3 Å². The number of hydrogen-bond donors (Lipinski definition) is 0. The number of benzene rings is 4. The molecule has 0 unspecified atom stereocenters. The van der Waals surface area contributed by atoms with Crippen molar-refractivity contribution in [2.24, 2.45) is 0 Å². The Morgan fingerprint density at radius 1 is 0.875 bits per heavy atom. The van der Waals surface area contributed by atoms with Crippen LogP contribution in [0.5, 0.6) is 5.75 Å². The van der Waals surface area contributed by atoms with Gasteiger partial charge in [0, 0.05) is 22.1 Å². The summed E-state index contributed by atoms with van der Waals surface area (Å²) >= 11 is 6.89. The molecule has 0 N–H and O–H groups in total. The molecule has 1 aromatic heterocycles. The van der Waals surface area contributed by atoms with Gasteiger partial charge in [-0.2, -0.15) is 0 Å². The molecule has 0 atom stereocenters. The quantitative estimate of drug-likeness (QED) is 0.272. The smallest absolute Gasteiger partial charge is 0.128 e. The molecule has 158 valence electrons. The van der Waals surface area contributed by atoms with E-state index >= 15 is 0 Å². The zero-order chi connectivity index (χ0) is 22.2. The predicted molar refractivity (Wildman–Crippen MR) is 135 cm³/mol. The van der Waals surface area contributed by atoms with Crippen LogP contribution in [0.1, 0.15) is 30.5 Å². The van der Waals surface area contributed by atoms with Crippen LogP contribution in [-0.2, 0) is 5.41 Å². The molecule has 0 saturated carbocycles. The molecule has 1 aliphatic rings. The first-order valence-electron chi connectivity index (χ1n) is 10.9. The lowest BCUT2D eigenvalue weighted by Gasteiger charge is -2.22. The second-order valence-electron chi connectivity index (χ2n) is 9.24. The Morgan fingerprint density at radius 3 is 2.47 bits per heavy atom. The molecule has 0 radical (unpaired) electrons. The number of methoxy groups -OCH3 is 1. The third-order valence-electron chi connectivity index (χ3n) is 6.96. The van der Waals surface area contributed by atoms with E-state index < -0.39 is 0 Å². The standard InChI is InChI=1S/C29H24ClNO/c1-17-9-10-18-11-12-20(16-19(18)15-17)31-27-21-7-5-6-8-22(21)29(2,3)26(27)25-24(32-4)14-13-23(30)28(25)31/h5-16H,1-4H3. The topological polar surface area (TPSA) is 14.2 Å². The van der Waals surface area contributed by atoms with E-state index in [2.05, 4.69) is 86.0 Å². The molecular weight excluding hydrogens is 414 g/mol. The fraction of sp³-hybridized carbons (Fsp3) is 0.172. The number of rotatable bonds is 2. The van der Waals surface area contributed by atoms with Gasteiger partial charge in [-0.3, -0.25) is 0 Å². The normalized spacial score (nSPS) is 14.0. The Labute approximate surface area is 193 Å². The maximum absolute atomic E-state index is 6.89. The second-order valence-corrected chi connectivity index (χ2v) is 9.64. The highest BCUT2D eigenvalue weighted by atomic mass is 35.5. The average molecular weight is 438 g/mol. The summed E-state index contributed by atoms with van der Waals surface area (Å²) < 4.78 is 8.20. The number of hydrogen-bond acceptors (Lipinski definition) is 1. The van der Waals surface area contributed by atoms with E-state index in [-0.39, 0.29) is 5.41 Å². The molecule has 0 bridgehead atoms. The summed E-state index contributed by atoms with van der Waals surface area (Å²) in [4.78, 5) is 0. The van der Waals surface area contributed by atoms with Gasteiger partial charge in [-0.1, -0.05) is 79.5 Å². The number of halogens is 1. The molecule has 1 heterocycles. The first-order chi connectivity index (χ1) is 15.4. The lowest BCUT2D eigenvalue weighted by molar-refractivity contribution is 0.419. The fourth-order valence-corrected chi connectivity index (χ4v) is 5.75. The van der Waals surface area contributed by atoms with Crippen molar-refractivity contribution >= 4 is 33.3 Å². The van der Waals surface area contributed by atoms with E-state index in [0.717, 1.165) is 27.4 Å². The van der Waals surface area contributed by atoms with Crippen molar-refractivity contribution < 1.29 is 4.74 Å². The monoisotopic (exact) mass is 437 g/mol. The van der Waals surface area contributed by atoms with Crippen LogP contribution in [0.4, 0.5) is 0 Å². The van der Waals surface area contributed by atoms with Gasteiger partial charge in [-0.15, -0.1) is 0 Å². The van der Waals surface area contributed by atoms with Gasteiger partial charge in [0.25, 0.3) is 0 Å². The Morgan fingerprint density at radius 2 is 1.66 bits per heavy atom. The van der Waals surface area contributed by atoms with E-state index in [9.17, 15) is 0 Å². The summed E-state index contributed by atoms with van der Waals surface area (Å²) in [6.07, 6.45) is 0. The summed E-state index contributed by atoms with van der Waals surface area (Å²) in [6, 6.07) is 25.9. The van der Waals surface area contributed by atoms with Gasteiger partial charge in [0.15, 0.2) is 0 Å². The van der Waals surface area contributed by atoms with Crippen LogP contribution in [0.3, 0.4) is 0 Å². The summed E-state index contributed by atoms with van der Waals surface area (Å²) in [5.41, 5.74) is 8.27. The van der Waals surface area contributed by atoms with Crippen molar-refractivity contribution in [2.75, 3.05) is 7.11 Å². The molecule has 4 aromatic carbocycles. The second kappa shape index (κ2) is 6.63. The van der Waals surface area contributed by atoms with Crippen LogP contribution < -0.4 is 4.74 Å². The molecule has 0 spiro atoms. The van der Waals surface area contributed by atoms with Gasteiger partial charge in [0.05, 0.1) is 23.3 Å². The summed E-state index contributed by atoms with van der Waals surface area (Å²) in [7, 11) is 1.74. The minimum atomic E-state index is -0.166. The van der Waals surface area contributed by atoms with E-state index in [0.29, 0.717) is 0 Å². The molecule has 32 heavy (non-hydrogen) atoms. The van der Waals surface area contributed by atoms with Crippen molar-refractivity contribution in [3.8, 4) is 22.7 Å². The van der Waals surface area contributed by atoms with Crippen molar-refractivity contribution in [3.63, 3.8) is 0 Å². The zero-order valence-corrected chi connectivity index (χ0v) is 19.4. The van der Waals surface area contributed by atoms with Crippen molar-refractivity contribution in [1.29, 1.82) is 0 Å². The molecule has 6 rings (SSSR count). The number of nitrogens with zero attached hydrogens (tertiary/aromatic N) is 1. The van der Waals surface area contributed by atoms with Crippen molar-refractivity contribution in [2.45, 2.75) is 26.2 Å². The van der Waals surface area contributed by atoms with Gasteiger partial charge >= 0.3 is 0 Å². The van der Waals surface area contributed by atoms with Gasteiger partial charge in [0.2, 0.25) is 0 Å². The lowest BCUT2D eigenvalue weighted by Crippen LogP contribution is -2.15. The number of ether oxygens (including phenoxy) is 1. The first kappa shape index (κ1) is 19.5. The highest BCUT2D eigenvalue weighted by Crippen LogP contribution is 2.56. The molecule has 1 aliphatic carbocycles. The van der Waals surface area contributed by atoms with Crippen LogP contribution in [-0.4, -0.2) is 11.7 Å². The van der Waals surface area contributed by atoms with Crippen LogP contribution in [0.25, 0.3) is 38.6 Å². The highest BCUT2D eigenvalue weighted by Gasteiger charge is 2.41. The number of aromatic nitrogens is 1. The van der Waals surface area contributed by atoms with Crippen LogP contribution >= 0.6 is 11.6 Å². The molecule has 0 fully saturated rings. The molecule has 3 heteroatoms. The number of fused-ring (bicyclic) bond motifs is 6. The van der Waals surface area contributed by atoms with E-state index in [1.165, 1.54) is 38.7 Å². The van der Waals surface area contributed by atoms with Gasteiger partial charge in [-0.05, 0) is 53.1 Å². The summed E-state index contributed by atoms with van der Waals surface area (Å²) in [5.74, 6) is 0.858. The van der Waals surface area contributed by atoms with Crippen molar-refractivity contribution in [1.82, 2.24) is 4.57 Å². The average Bonchev–Trinajstić information content (AvgIpc) is 3.26. The fourth-order valence-electron chi connectivity index (χ4n) is 5.50. The van der Waals surface area contributed by atoms with Gasteiger partial charge in [-0.25, -0.2) is 0 Å². The SMILES string of the molecule is COc1ccc(Cl)c2c1c1c(n2-c2ccc3ccc(C)cc3c2)-c2ccccc2C1(C)C. The Bertz CT molecular complexity index is 1560. The maximum Gasteiger partial charge on any atom is 0.128 e. The zero-order valence-electron chi connectivity index (χ0n) is 18.7. The van der Waals surface area contributed by atoms with Crippen LogP contribution in [0.15, 0.2) is 72.8 Å². The largest absolute Gasteiger partial charge is 0.496 e. The Hall–Kier alpha value is -3.23.